The Balaban J connectivity index is 1.86. The van der Waals surface area contributed by atoms with E-state index in [1.807, 2.05) is 30.3 Å². The lowest BCUT2D eigenvalue weighted by Gasteiger charge is -2.21. The fourth-order valence-electron chi connectivity index (χ4n) is 2.91. The number of esters is 1. The maximum atomic E-state index is 12.8. The topological polar surface area (TPSA) is 85.0 Å². The summed E-state index contributed by atoms with van der Waals surface area (Å²) in [6.07, 6.45) is 0.207. The molecule has 1 atom stereocenters. The molecule has 6 nitrogen and oxygen atoms in total. The Morgan fingerprint density at radius 3 is 2.54 bits per heavy atom. The van der Waals surface area contributed by atoms with Gasteiger partial charge in [0, 0.05) is 17.7 Å². The van der Waals surface area contributed by atoms with Crippen LogP contribution in [0.15, 0.2) is 59.7 Å². The van der Waals surface area contributed by atoms with Crippen LogP contribution in [0.3, 0.4) is 0 Å². The number of Topliss-reactive ketones (excluding diaryl/α,β-unsaturated/α-hetero) is 1. The molecule has 2 aromatic rings. The molecule has 134 valence electrons. The lowest BCUT2D eigenvalue weighted by atomic mass is 10.0. The van der Waals surface area contributed by atoms with Crippen molar-refractivity contribution in [3.8, 4) is 0 Å². The number of nitrogen functional groups attached to an aromatic ring is 1. The number of anilines is 1. The second-order valence-corrected chi connectivity index (χ2v) is 6.02. The first-order valence-electron chi connectivity index (χ1n) is 8.54. The Kier molecular flexibility index (Phi) is 5.31. The van der Waals surface area contributed by atoms with E-state index in [4.69, 9.17) is 10.5 Å². The van der Waals surface area contributed by atoms with Gasteiger partial charge in [0.25, 0.3) is 0 Å². The van der Waals surface area contributed by atoms with E-state index < -0.39 is 6.04 Å². The van der Waals surface area contributed by atoms with Crippen LogP contribution in [0.2, 0.25) is 0 Å². The standard InChI is InChI=1S/C20H21N3O3/c1-2-26-20(25)18-12-17(19(24)15-10-6-7-11-16(15)21)22-23(18)13-14-8-4-3-5-9-14/h3-11,18H,2,12-13,21H2,1H3. The monoisotopic (exact) mass is 351 g/mol. The van der Waals surface area contributed by atoms with Crippen LogP contribution in [0.4, 0.5) is 5.69 Å². The Bertz CT molecular complexity index is 833. The summed E-state index contributed by atoms with van der Waals surface area (Å²) in [6.45, 7) is 2.46. The van der Waals surface area contributed by atoms with Crippen LogP contribution in [0.1, 0.15) is 29.3 Å². The fraction of sp³-hybridized carbons (Fsp3) is 0.250. The summed E-state index contributed by atoms with van der Waals surface area (Å²) in [5.74, 6) is -0.635. The van der Waals surface area contributed by atoms with E-state index in [1.54, 1.807) is 36.2 Å². The smallest absolute Gasteiger partial charge is 0.330 e. The van der Waals surface area contributed by atoms with Gasteiger partial charge in [-0.1, -0.05) is 42.5 Å². The van der Waals surface area contributed by atoms with Crippen LogP contribution in [-0.2, 0) is 16.1 Å². The second kappa shape index (κ2) is 7.82. The number of carbonyl (C=O) groups is 2. The quantitative estimate of drug-likeness (QED) is 0.491. The van der Waals surface area contributed by atoms with Gasteiger partial charge in [-0.05, 0) is 24.6 Å². The van der Waals surface area contributed by atoms with Crippen LogP contribution in [-0.4, -0.2) is 35.1 Å². The van der Waals surface area contributed by atoms with Crippen molar-refractivity contribution in [1.82, 2.24) is 5.01 Å². The lowest BCUT2D eigenvalue weighted by Crippen LogP contribution is -2.35. The Labute approximate surface area is 152 Å². The predicted molar refractivity (Wildman–Crippen MR) is 99.6 cm³/mol. The van der Waals surface area contributed by atoms with E-state index in [9.17, 15) is 9.59 Å². The number of hydrogen-bond acceptors (Lipinski definition) is 6. The van der Waals surface area contributed by atoms with E-state index in [2.05, 4.69) is 5.10 Å². The molecular formula is C20H21N3O3. The van der Waals surface area contributed by atoms with Gasteiger partial charge < -0.3 is 10.5 Å². The zero-order valence-electron chi connectivity index (χ0n) is 14.6. The highest BCUT2D eigenvalue weighted by Crippen LogP contribution is 2.23. The molecule has 1 unspecified atom stereocenters. The minimum absolute atomic E-state index is 0.207. The van der Waals surface area contributed by atoms with Gasteiger partial charge >= 0.3 is 5.97 Å². The number of para-hydroxylation sites is 1. The SMILES string of the molecule is CCOC(=O)C1CC(C(=O)c2ccccc2N)=NN1Cc1ccccc1. The van der Waals surface area contributed by atoms with Crippen molar-refractivity contribution in [2.75, 3.05) is 12.3 Å². The summed E-state index contributed by atoms with van der Waals surface area (Å²) < 4.78 is 5.16. The third-order valence-corrected chi connectivity index (χ3v) is 4.21. The number of nitrogens with zero attached hydrogens (tertiary/aromatic N) is 2. The molecule has 6 heteroatoms. The van der Waals surface area contributed by atoms with Crippen LogP contribution in [0.25, 0.3) is 0 Å². The minimum Gasteiger partial charge on any atom is -0.464 e. The third-order valence-electron chi connectivity index (χ3n) is 4.21. The summed E-state index contributed by atoms with van der Waals surface area (Å²) in [5.41, 5.74) is 8.02. The maximum absolute atomic E-state index is 12.8. The predicted octanol–water partition coefficient (Wildman–Crippen LogP) is 2.65. The summed E-state index contributed by atoms with van der Waals surface area (Å²) >= 11 is 0. The first-order valence-corrected chi connectivity index (χ1v) is 8.54. The Hall–Kier alpha value is -3.15. The Morgan fingerprint density at radius 1 is 1.15 bits per heavy atom. The van der Waals surface area contributed by atoms with E-state index in [0.29, 0.717) is 23.5 Å². The van der Waals surface area contributed by atoms with Crippen molar-refractivity contribution >= 4 is 23.2 Å². The second-order valence-electron chi connectivity index (χ2n) is 6.02. The third kappa shape index (κ3) is 3.74. The number of benzene rings is 2. The molecule has 0 aliphatic carbocycles. The molecule has 0 saturated carbocycles. The summed E-state index contributed by atoms with van der Waals surface area (Å²) in [5, 5.41) is 6.05. The normalized spacial score (nSPS) is 16.3. The van der Waals surface area contributed by atoms with Gasteiger partial charge in [0.05, 0.1) is 13.2 Å². The molecule has 0 fully saturated rings. The van der Waals surface area contributed by atoms with E-state index in [1.165, 1.54) is 0 Å². The molecular weight excluding hydrogens is 330 g/mol. The molecule has 3 rings (SSSR count). The average molecular weight is 351 g/mol. The number of hydrogen-bond donors (Lipinski definition) is 1. The first-order chi connectivity index (χ1) is 12.6. The van der Waals surface area contributed by atoms with E-state index in [0.717, 1.165) is 5.56 Å². The number of ketones is 1. The van der Waals surface area contributed by atoms with Gasteiger partial charge in [0.2, 0.25) is 5.78 Å². The van der Waals surface area contributed by atoms with Gasteiger partial charge in [-0.3, -0.25) is 9.80 Å². The molecule has 0 bridgehead atoms. The van der Waals surface area contributed by atoms with Gasteiger partial charge in [-0.15, -0.1) is 0 Å². The largest absolute Gasteiger partial charge is 0.464 e. The number of ether oxygens (including phenoxy) is 1. The highest BCUT2D eigenvalue weighted by Gasteiger charge is 2.36. The molecule has 1 aliphatic rings. The van der Waals surface area contributed by atoms with Gasteiger partial charge in [-0.2, -0.15) is 5.10 Å². The van der Waals surface area contributed by atoms with Crippen LogP contribution >= 0.6 is 0 Å². The van der Waals surface area contributed by atoms with Gasteiger partial charge in [0.1, 0.15) is 5.71 Å². The average Bonchev–Trinajstić information content (AvgIpc) is 3.06. The van der Waals surface area contributed by atoms with Crippen molar-refractivity contribution in [3.63, 3.8) is 0 Å². The van der Waals surface area contributed by atoms with Crippen LogP contribution in [0, 0.1) is 0 Å². The van der Waals surface area contributed by atoms with Crippen molar-refractivity contribution in [1.29, 1.82) is 0 Å². The molecule has 1 aliphatic heterocycles. The molecule has 0 saturated heterocycles. The maximum Gasteiger partial charge on any atom is 0.330 e. The zero-order chi connectivity index (χ0) is 18.5. The highest BCUT2D eigenvalue weighted by atomic mass is 16.5. The zero-order valence-corrected chi connectivity index (χ0v) is 14.6. The number of hydrazone groups is 1. The number of carbonyl (C=O) groups excluding carboxylic acids is 2. The molecule has 2 aromatic carbocycles. The molecule has 0 radical (unpaired) electrons. The summed E-state index contributed by atoms with van der Waals surface area (Å²) in [4.78, 5) is 25.1. The number of rotatable bonds is 6. The van der Waals surface area contributed by atoms with E-state index in [-0.39, 0.29) is 24.8 Å². The lowest BCUT2D eigenvalue weighted by molar-refractivity contribution is -0.149. The van der Waals surface area contributed by atoms with Crippen molar-refractivity contribution in [2.45, 2.75) is 25.9 Å². The first kappa shape index (κ1) is 17.7. The fourth-order valence-corrected chi connectivity index (χ4v) is 2.91. The van der Waals surface area contributed by atoms with E-state index >= 15 is 0 Å². The molecule has 2 N–H and O–H groups in total. The van der Waals surface area contributed by atoms with Gasteiger partial charge in [0.15, 0.2) is 6.04 Å². The molecule has 0 spiro atoms. The van der Waals surface area contributed by atoms with Crippen molar-refractivity contribution in [3.05, 3.63) is 65.7 Å². The number of nitrogens with two attached hydrogens (primary N) is 1. The molecule has 0 aromatic heterocycles. The molecule has 0 amide bonds. The highest BCUT2D eigenvalue weighted by molar-refractivity contribution is 6.47. The van der Waals surface area contributed by atoms with Gasteiger partial charge in [-0.25, -0.2) is 4.79 Å². The van der Waals surface area contributed by atoms with Crippen LogP contribution < -0.4 is 5.73 Å². The molecule has 26 heavy (non-hydrogen) atoms. The minimum atomic E-state index is -0.612. The Morgan fingerprint density at radius 2 is 1.85 bits per heavy atom. The summed E-state index contributed by atoms with van der Waals surface area (Å²) in [7, 11) is 0. The summed E-state index contributed by atoms with van der Waals surface area (Å²) in [6, 6.07) is 15.9. The molecule has 1 heterocycles. The van der Waals surface area contributed by atoms with Crippen molar-refractivity contribution in [2.24, 2.45) is 5.10 Å². The van der Waals surface area contributed by atoms with Crippen molar-refractivity contribution < 1.29 is 14.3 Å². The van der Waals surface area contributed by atoms with Crippen LogP contribution in [0.5, 0.6) is 0 Å².